The van der Waals surface area contributed by atoms with Gasteiger partial charge < -0.3 is 5.32 Å². The largest absolute Gasteiger partial charge is 0.350 e. The van der Waals surface area contributed by atoms with Gasteiger partial charge in [-0.05, 0) is 69.7 Å². The van der Waals surface area contributed by atoms with Gasteiger partial charge in [0, 0.05) is 10.6 Å². The van der Waals surface area contributed by atoms with Crippen LogP contribution in [0.5, 0.6) is 0 Å². The maximum Gasteiger partial charge on any atom is 0.264 e. The van der Waals surface area contributed by atoms with Gasteiger partial charge in [-0.3, -0.25) is 9.10 Å². The molecule has 0 aliphatic carbocycles. The zero-order valence-corrected chi connectivity index (χ0v) is 16.9. The molecule has 2 rings (SSSR count). The fourth-order valence-corrected chi connectivity index (χ4v) is 3.96. The second-order valence-electron chi connectivity index (χ2n) is 7.10. The molecule has 2 aromatic carbocycles. The fourth-order valence-electron chi connectivity index (χ4n) is 2.42. The van der Waals surface area contributed by atoms with Crippen LogP contribution in [0, 0.1) is 6.92 Å². The summed E-state index contributed by atoms with van der Waals surface area (Å²) in [6.07, 6.45) is 0. The van der Waals surface area contributed by atoms with E-state index in [1.54, 1.807) is 18.2 Å². The molecule has 0 unspecified atom stereocenters. The van der Waals surface area contributed by atoms with Crippen LogP contribution < -0.4 is 9.62 Å². The van der Waals surface area contributed by atoms with Crippen molar-refractivity contribution in [3.05, 3.63) is 59.1 Å². The van der Waals surface area contributed by atoms with Gasteiger partial charge in [0.15, 0.2) is 0 Å². The molecule has 0 spiro atoms. The van der Waals surface area contributed by atoms with Crippen LogP contribution in [0.1, 0.15) is 26.3 Å². The molecule has 140 valence electrons. The maximum atomic E-state index is 13.2. The molecule has 1 amide bonds. The van der Waals surface area contributed by atoms with Gasteiger partial charge in [0.1, 0.15) is 6.54 Å². The number of carbonyl (C=O) groups is 1. The molecule has 0 aromatic heterocycles. The normalized spacial score (nSPS) is 11.9. The standard InChI is InChI=1S/C19H23ClN2O3S/c1-14-6-5-7-16(12-14)22(13-18(23)21-19(2,3)4)26(24,25)17-10-8-15(20)9-11-17/h5-12H,13H2,1-4H3,(H,21,23). The molecule has 0 fully saturated rings. The second-order valence-corrected chi connectivity index (χ2v) is 9.40. The van der Waals surface area contributed by atoms with E-state index in [9.17, 15) is 13.2 Å². The van der Waals surface area contributed by atoms with E-state index in [1.165, 1.54) is 24.3 Å². The molecule has 26 heavy (non-hydrogen) atoms. The fraction of sp³-hybridized carbons (Fsp3) is 0.316. The van der Waals surface area contributed by atoms with Gasteiger partial charge >= 0.3 is 0 Å². The summed E-state index contributed by atoms with van der Waals surface area (Å²) in [5.74, 6) is -0.378. The number of sulfonamides is 1. The molecule has 0 atom stereocenters. The molecule has 2 aromatic rings. The summed E-state index contributed by atoms with van der Waals surface area (Å²) in [5, 5.41) is 3.24. The van der Waals surface area contributed by atoms with E-state index in [0.717, 1.165) is 9.87 Å². The Balaban J connectivity index is 2.46. The number of nitrogens with one attached hydrogen (secondary N) is 1. The second kappa shape index (κ2) is 7.68. The number of benzene rings is 2. The van der Waals surface area contributed by atoms with E-state index in [4.69, 9.17) is 11.6 Å². The average Bonchev–Trinajstić information content (AvgIpc) is 2.51. The Hall–Kier alpha value is -2.05. The lowest BCUT2D eigenvalue weighted by atomic mass is 10.1. The number of aryl methyl sites for hydroxylation is 1. The summed E-state index contributed by atoms with van der Waals surface area (Å²) >= 11 is 5.86. The number of amides is 1. The van der Waals surface area contributed by atoms with E-state index in [-0.39, 0.29) is 17.3 Å². The summed E-state index contributed by atoms with van der Waals surface area (Å²) in [6, 6.07) is 12.9. The van der Waals surface area contributed by atoms with Crippen molar-refractivity contribution >= 4 is 33.2 Å². The predicted octanol–water partition coefficient (Wildman–Crippen LogP) is 3.76. The lowest BCUT2D eigenvalue weighted by molar-refractivity contribution is -0.121. The van der Waals surface area contributed by atoms with Crippen molar-refractivity contribution in [3.63, 3.8) is 0 Å². The van der Waals surface area contributed by atoms with Crippen LogP contribution in [-0.2, 0) is 14.8 Å². The summed E-state index contributed by atoms with van der Waals surface area (Å²) < 4.78 is 27.4. The number of halogens is 1. The minimum absolute atomic E-state index is 0.0759. The van der Waals surface area contributed by atoms with Crippen molar-refractivity contribution in [3.8, 4) is 0 Å². The highest BCUT2D eigenvalue weighted by molar-refractivity contribution is 7.92. The summed E-state index contributed by atoms with van der Waals surface area (Å²) in [7, 11) is -3.92. The van der Waals surface area contributed by atoms with Gasteiger partial charge in [-0.1, -0.05) is 23.7 Å². The molecule has 0 saturated carbocycles. The molecular weight excluding hydrogens is 372 g/mol. The van der Waals surface area contributed by atoms with Crippen molar-refractivity contribution in [2.24, 2.45) is 0 Å². The molecule has 5 nitrogen and oxygen atoms in total. The highest BCUT2D eigenvalue weighted by Crippen LogP contribution is 2.25. The van der Waals surface area contributed by atoms with Crippen LogP contribution in [0.15, 0.2) is 53.4 Å². The minimum Gasteiger partial charge on any atom is -0.350 e. The third-order valence-corrected chi connectivity index (χ3v) is 5.53. The van der Waals surface area contributed by atoms with Gasteiger partial charge in [0.05, 0.1) is 10.6 Å². The topological polar surface area (TPSA) is 66.5 Å². The van der Waals surface area contributed by atoms with Crippen LogP contribution >= 0.6 is 11.6 Å². The number of carbonyl (C=O) groups excluding carboxylic acids is 1. The third-order valence-electron chi connectivity index (χ3n) is 3.49. The zero-order valence-electron chi connectivity index (χ0n) is 15.3. The lowest BCUT2D eigenvalue weighted by Crippen LogP contribution is -2.47. The van der Waals surface area contributed by atoms with E-state index < -0.39 is 15.6 Å². The minimum atomic E-state index is -3.92. The van der Waals surface area contributed by atoms with Crippen LogP contribution in [-0.4, -0.2) is 26.4 Å². The molecule has 0 saturated heterocycles. The smallest absolute Gasteiger partial charge is 0.264 e. The number of hydrogen-bond acceptors (Lipinski definition) is 3. The zero-order chi connectivity index (χ0) is 19.5. The van der Waals surface area contributed by atoms with E-state index in [0.29, 0.717) is 10.7 Å². The van der Waals surface area contributed by atoms with Crippen molar-refractivity contribution in [2.45, 2.75) is 38.1 Å². The van der Waals surface area contributed by atoms with Crippen molar-refractivity contribution in [1.82, 2.24) is 5.32 Å². The Kier molecular flexibility index (Phi) is 5.98. The molecule has 0 heterocycles. The quantitative estimate of drug-likeness (QED) is 0.839. The first kappa shape index (κ1) is 20.3. The molecule has 0 aliphatic rings. The molecule has 0 radical (unpaired) electrons. The highest BCUT2D eigenvalue weighted by Gasteiger charge is 2.28. The molecular formula is C19H23ClN2O3S. The number of nitrogens with zero attached hydrogens (tertiary/aromatic N) is 1. The van der Waals surface area contributed by atoms with Gasteiger partial charge in [0.2, 0.25) is 5.91 Å². The van der Waals surface area contributed by atoms with Crippen LogP contribution in [0.4, 0.5) is 5.69 Å². The monoisotopic (exact) mass is 394 g/mol. The van der Waals surface area contributed by atoms with Gasteiger partial charge in [0.25, 0.3) is 10.0 Å². The molecule has 0 bridgehead atoms. The first-order chi connectivity index (χ1) is 12.0. The Morgan fingerprint density at radius 1 is 1.12 bits per heavy atom. The third kappa shape index (κ3) is 5.22. The number of hydrogen-bond donors (Lipinski definition) is 1. The van der Waals surface area contributed by atoms with E-state index in [2.05, 4.69) is 5.32 Å². The Bertz CT molecular complexity index is 888. The summed E-state index contributed by atoms with van der Waals surface area (Å²) in [4.78, 5) is 12.5. The molecule has 7 heteroatoms. The van der Waals surface area contributed by atoms with Crippen LogP contribution in [0.2, 0.25) is 5.02 Å². The molecule has 0 aliphatic heterocycles. The van der Waals surface area contributed by atoms with E-state index >= 15 is 0 Å². The van der Waals surface area contributed by atoms with Crippen molar-refractivity contribution in [2.75, 3.05) is 10.8 Å². The lowest BCUT2D eigenvalue weighted by Gasteiger charge is -2.27. The van der Waals surface area contributed by atoms with Gasteiger partial charge in [-0.25, -0.2) is 8.42 Å². The van der Waals surface area contributed by atoms with Crippen molar-refractivity contribution in [1.29, 1.82) is 0 Å². The number of anilines is 1. The first-order valence-corrected chi connectivity index (χ1v) is 9.97. The first-order valence-electron chi connectivity index (χ1n) is 8.15. The molecule has 1 N–H and O–H groups in total. The van der Waals surface area contributed by atoms with Gasteiger partial charge in [-0.15, -0.1) is 0 Å². The summed E-state index contributed by atoms with van der Waals surface area (Å²) in [5.41, 5.74) is 0.874. The SMILES string of the molecule is Cc1cccc(N(CC(=O)NC(C)(C)C)S(=O)(=O)c2ccc(Cl)cc2)c1. The Morgan fingerprint density at radius 2 is 1.73 bits per heavy atom. The number of rotatable bonds is 5. The summed E-state index contributed by atoms with van der Waals surface area (Å²) in [6.45, 7) is 7.08. The Morgan fingerprint density at radius 3 is 2.27 bits per heavy atom. The Labute approximate surface area is 160 Å². The predicted molar refractivity (Wildman–Crippen MR) is 105 cm³/mol. The van der Waals surface area contributed by atoms with E-state index in [1.807, 2.05) is 33.8 Å². The van der Waals surface area contributed by atoms with Gasteiger partial charge in [-0.2, -0.15) is 0 Å². The van der Waals surface area contributed by atoms with Crippen LogP contribution in [0.3, 0.4) is 0 Å². The highest BCUT2D eigenvalue weighted by atomic mass is 35.5. The van der Waals surface area contributed by atoms with Crippen molar-refractivity contribution < 1.29 is 13.2 Å². The average molecular weight is 395 g/mol. The maximum absolute atomic E-state index is 13.2. The van der Waals surface area contributed by atoms with Crippen LogP contribution in [0.25, 0.3) is 0 Å².